The van der Waals surface area contributed by atoms with E-state index in [4.69, 9.17) is 10.1 Å². The van der Waals surface area contributed by atoms with Gasteiger partial charge < -0.3 is 10.4 Å². The first-order valence-electron chi connectivity index (χ1n) is 11.6. The van der Waals surface area contributed by atoms with Crippen molar-refractivity contribution in [3.63, 3.8) is 0 Å². The first-order chi connectivity index (χ1) is 16.5. The Kier molecular flexibility index (Phi) is 4.79. The Labute approximate surface area is 197 Å². The van der Waals surface area contributed by atoms with Crippen LogP contribution in [-0.2, 0) is 11.3 Å². The maximum Gasteiger partial charge on any atom is 0.335 e. The minimum atomic E-state index is -0.955. The Morgan fingerprint density at radius 1 is 1.12 bits per heavy atom. The molecular weight excluding hydrogens is 432 g/mol. The van der Waals surface area contributed by atoms with Crippen LogP contribution in [0.4, 0.5) is 5.69 Å². The van der Waals surface area contributed by atoms with Crippen LogP contribution in [0.25, 0.3) is 0 Å². The van der Waals surface area contributed by atoms with E-state index in [9.17, 15) is 14.7 Å². The molecule has 1 aliphatic carbocycles. The molecule has 3 aliphatic heterocycles. The fraction of sp³-hybridized carbons (Fsp3) is 0.360. The highest BCUT2D eigenvalue weighted by Crippen LogP contribution is 2.40. The van der Waals surface area contributed by atoms with E-state index in [-0.39, 0.29) is 29.7 Å². The minimum Gasteiger partial charge on any atom is -0.478 e. The van der Waals surface area contributed by atoms with E-state index in [1.54, 1.807) is 36.2 Å². The molecule has 0 radical (unpaired) electrons. The third-order valence-electron chi connectivity index (χ3n) is 7.20. The summed E-state index contributed by atoms with van der Waals surface area (Å²) >= 11 is 0. The Morgan fingerprint density at radius 2 is 1.88 bits per heavy atom. The number of rotatable bonds is 5. The number of carbonyl (C=O) groups is 2. The number of aromatic carboxylic acids is 1. The van der Waals surface area contributed by atoms with Crippen molar-refractivity contribution in [3.05, 3.63) is 65.7 Å². The van der Waals surface area contributed by atoms with E-state index in [2.05, 4.69) is 10.2 Å². The molecule has 3 heterocycles. The number of aliphatic imine (C=N–C) groups is 1. The first-order valence-corrected chi connectivity index (χ1v) is 11.6. The monoisotopic (exact) mass is 458 g/mol. The van der Waals surface area contributed by atoms with E-state index in [0.717, 1.165) is 36.3 Å². The molecule has 1 amide bonds. The zero-order chi connectivity index (χ0) is 23.4. The summed E-state index contributed by atoms with van der Waals surface area (Å²) in [4.78, 5) is 33.6. The third kappa shape index (κ3) is 3.22. The molecule has 2 aromatic rings. The van der Waals surface area contributed by atoms with Crippen LogP contribution in [0.5, 0.6) is 0 Å². The number of amides is 1. The van der Waals surface area contributed by atoms with Crippen molar-refractivity contribution >= 4 is 29.4 Å². The van der Waals surface area contributed by atoms with E-state index < -0.39 is 11.9 Å². The summed E-state index contributed by atoms with van der Waals surface area (Å²) in [6.45, 7) is 0.440. The zero-order valence-corrected chi connectivity index (χ0v) is 18.8. The van der Waals surface area contributed by atoms with Crippen LogP contribution in [0.15, 0.2) is 64.7 Å². The normalized spacial score (nSPS) is 27.2. The average molecular weight is 459 g/mol. The first kappa shape index (κ1) is 20.7. The van der Waals surface area contributed by atoms with Gasteiger partial charge in [0.15, 0.2) is 0 Å². The lowest BCUT2D eigenvalue weighted by Gasteiger charge is -2.39. The molecule has 2 fully saturated rings. The van der Waals surface area contributed by atoms with E-state index in [0.29, 0.717) is 12.5 Å². The highest BCUT2D eigenvalue weighted by atomic mass is 16.4. The van der Waals surface area contributed by atoms with Gasteiger partial charge in [0.2, 0.25) is 11.9 Å². The summed E-state index contributed by atoms with van der Waals surface area (Å²) in [6.07, 6.45) is 2.83. The van der Waals surface area contributed by atoms with Gasteiger partial charge >= 0.3 is 5.97 Å². The minimum absolute atomic E-state index is 0.0223. The lowest BCUT2D eigenvalue weighted by molar-refractivity contribution is -0.130. The Hall–Kier alpha value is -3.88. The number of fused-ring (bicyclic) bond motifs is 5. The molecular formula is C25H26N6O3. The number of nitrogens with one attached hydrogen (secondary N) is 1. The van der Waals surface area contributed by atoms with Gasteiger partial charge in [-0.2, -0.15) is 5.10 Å². The lowest BCUT2D eigenvalue weighted by Crippen LogP contribution is -2.62. The molecule has 9 nitrogen and oxygen atoms in total. The Morgan fingerprint density at radius 3 is 2.62 bits per heavy atom. The molecule has 0 spiro atoms. The predicted molar refractivity (Wildman–Crippen MR) is 127 cm³/mol. The van der Waals surface area contributed by atoms with Crippen molar-refractivity contribution < 1.29 is 14.7 Å². The molecule has 1 saturated heterocycles. The number of hydrogen-bond acceptors (Lipinski definition) is 7. The van der Waals surface area contributed by atoms with Crippen LogP contribution >= 0.6 is 0 Å². The molecule has 2 aromatic carbocycles. The Balaban J connectivity index is 1.37. The quantitative estimate of drug-likeness (QED) is 0.715. The van der Waals surface area contributed by atoms with Crippen LogP contribution in [0.1, 0.15) is 35.2 Å². The second-order valence-electron chi connectivity index (χ2n) is 9.25. The van der Waals surface area contributed by atoms with Crippen molar-refractivity contribution in [2.45, 2.75) is 44.1 Å². The highest BCUT2D eigenvalue weighted by molar-refractivity contribution is 6.21. The third-order valence-corrected chi connectivity index (χ3v) is 7.20. The molecule has 4 aliphatic rings. The Bertz CT molecular complexity index is 1190. The number of benzene rings is 2. The summed E-state index contributed by atoms with van der Waals surface area (Å²) < 4.78 is 0. The molecule has 2 unspecified atom stereocenters. The van der Waals surface area contributed by atoms with Crippen LogP contribution in [0.3, 0.4) is 0 Å². The number of guanidine groups is 1. The SMILES string of the molecule is CN1C(=O)C2C(=NN(Cc3ccc(C(=O)O)cc3)C2Nc2ccccc2)N2C1=N[C@@H]1CCC[C@@H]12. The van der Waals surface area contributed by atoms with Crippen LogP contribution in [-0.4, -0.2) is 68.9 Å². The van der Waals surface area contributed by atoms with E-state index in [1.807, 2.05) is 35.3 Å². The summed E-state index contributed by atoms with van der Waals surface area (Å²) in [5, 5.41) is 19.7. The van der Waals surface area contributed by atoms with Gasteiger partial charge in [0.05, 0.1) is 24.2 Å². The van der Waals surface area contributed by atoms with Crippen molar-refractivity contribution in [2.75, 3.05) is 12.4 Å². The summed E-state index contributed by atoms with van der Waals surface area (Å²) in [5.74, 6) is 0.0172. The van der Waals surface area contributed by atoms with Gasteiger partial charge in [-0.1, -0.05) is 30.3 Å². The van der Waals surface area contributed by atoms with Crippen LogP contribution in [0, 0.1) is 5.92 Å². The number of carboxylic acids is 1. The molecule has 2 N–H and O–H groups in total. The number of anilines is 1. The van der Waals surface area contributed by atoms with Crippen molar-refractivity contribution in [1.82, 2.24) is 14.8 Å². The molecule has 174 valence electrons. The van der Waals surface area contributed by atoms with E-state index >= 15 is 0 Å². The number of nitrogens with zero attached hydrogens (tertiary/aromatic N) is 5. The molecule has 9 heteroatoms. The standard InChI is InChI=1S/C25H26N6O3/c1-29-23(32)20-21(26-17-6-3-2-4-7-17)30(14-15-10-12-16(13-11-15)24(33)34)28-22(20)31-19-9-5-8-18(19)27-25(29)31/h2-4,6-7,10-13,18-21,26H,5,8-9,14H2,1H3,(H,33,34)/t18-,19+,20?,21?/m1/s1. The molecule has 1 saturated carbocycles. The van der Waals surface area contributed by atoms with Crippen molar-refractivity contribution in [3.8, 4) is 0 Å². The molecule has 34 heavy (non-hydrogen) atoms. The van der Waals surface area contributed by atoms with Crippen LogP contribution < -0.4 is 5.32 Å². The van der Waals surface area contributed by atoms with Gasteiger partial charge in [0, 0.05) is 12.7 Å². The molecule has 0 aromatic heterocycles. The predicted octanol–water partition coefficient (Wildman–Crippen LogP) is 2.63. The van der Waals surface area contributed by atoms with Crippen molar-refractivity contribution in [1.29, 1.82) is 0 Å². The van der Waals surface area contributed by atoms with Gasteiger partial charge in [-0.05, 0) is 49.1 Å². The zero-order valence-electron chi connectivity index (χ0n) is 18.8. The molecule has 0 bridgehead atoms. The summed E-state index contributed by atoms with van der Waals surface area (Å²) in [7, 11) is 1.80. The second-order valence-corrected chi connectivity index (χ2v) is 9.25. The topological polar surface area (TPSA) is 101 Å². The maximum atomic E-state index is 13.6. The summed E-state index contributed by atoms with van der Waals surface area (Å²) in [5.41, 5.74) is 2.07. The smallest absolute Gasteiger partial charge is 0.335 e. The number of carboxylic acid groups (broad SMARTS) is 1. The van der Waals surface area contributed by atoms with Gasteiger partial charge in [-0.15, -0.1) is 0 Å². The van der Waals surface area contributed by atoms with Gasteiger partial charge in [-0.3, -0.25) is 19.6 Å². The fourth-order valence-corrected chi connectivity index (χ4v) is 5.51. The van der Waals surface area contributed by atoms with Gasteiger partial charge in [-0.25, -0.2) is 9.79 Å². The second kappa shape index (κ2) is 7.86. The average Bonchev–Trinajstić information content (AvgIpc) is 3.52. The summed E-state index contributed by atoms with van der Waals surface area (Å²) in [6, 6.07) is 17.1. The van der Waals surface area contributed by atoms with E-state index in [1.165, 1.54) is 0 Å². The number of hydrazone groups is 1. The number of hydrogen-bond donors (Lipinski definition) is 2. The van der Waals surface area contributed by atoms with Crippen LogP contribution in [0.2, 0.25) is 0 Å². The van der Waals surface area contributed by atoms with Gasteiger partial charge in [0.25, 0.3) is 0 Å². The number of para-hydroxylation sites is 1. The largest absolute Gasteiger partial charge is 0.478 e. The molecule has 4 atom stereocenters. The van der Waals surface area contributed by atoms with Gasteiger partial charge in [0.1, 0.15) is 17.9 Å². The number of carbonyl (C=O) groups excluding carboxylic acids is 1. The highest BCUT2D eigenvalue weighted by Gasteiger charge is 2.56. The lowest BCUT2D eigenvalue weighted by atomic mass is 9.98. The molecule has 6 rings (SSSR count). The fourth-order valence-electron chi connectivity index (χ4n) is 5.51. The van der Waals surface area contributed by atoms with Crippen molar-refractivity contribution in [2.24, 2.45) is 16.0 Å². The number of amidine groups is 1. The maximum absolute atomic E-state index is 13.6.